The van der Waals surface area contributed by atoms with Crippen LogP contribution in [-0.2, 0) is 16.4 Å². The Morgan fingerprint density at radius 3 is 2.88 bits per heavy atom. The number of likely N-dealkylation sites (tertiary alicyclic amines) is 1. The molecular weight excluding hydrogens is 338 g/mol. The number of rotatable bonds is 6. The van der Waals surface area contributed by atoms with Gasteiger partial charge in [0.2, 0.25) is 0 Å². The second-order valence-corrected chi connectivity index (χ2v) is 8.99. The number of hydrogen-bond acceptors (Lipinski definition) is 5. The summed E-state index contributed by atoms with van der Waals surface area (Å²) in [7, 11) is -1.26. The molecule has 0 radical (unpaired) electrons. The number of piperidine rings is 1. The third kappa shape index (κ3) is 4.83. The second-order valence-electron chi connectivity index (χ2n) is 6.80. The summed E-state index contributed by atoms with van der Waals surface area (Å²) in [6.07, 6.45) is 7.23. The van der Waals surface area contributed by atoms with Crippen molar-refractivity contribution < 1.29 is 13.2 Å². The molecule has 1 atom stereocenters. The first kappa shape index (κ1) is 17.9. The molecule has 25 heavy (non-hydrogen) atoms. The van der Waals surface area contributed by atoms with Crippen LogP contribution in [0.4, 0.5) is 0 Å². The number of sulfone groups is 1. The third-order valence-electron chi connectivity index (χ3n) is 4.52. The van der Waals surface area contributed by atoms with Crippen molar-refractivity contribution in [2.45, 2.75) is 19.4 Å². The molecule has 1 aliphatic heterocycles. The van der Waals surface area contributed by atoms with E-state index in [2.05, 4.69) is 10.00 Å². The summed E-state index contributed by atoms with van der Waals surface area (Å²) in [4.78, 5) is 2.32. The summed E-state index contributed by atoms with van der Waals surface area (Å²) in [5.74, 6) is 1.29. The highest BCUT2D eigenvalue weighted by molar-refractivity contribution is 7.90. The van der Waals surface area contributed by atoms with Crippen LogP contribution in [-0.4, -0.2) is 55.3 Å². The smallest absolute Gasteiger partial charge is 0.147 e. The number of methoxy groups -OCH3 is 1. The van der Waals surface area contributed by atoms with Crippen LogP contribution in [0.15, 0.2) is 36.7 Å². The fraction of sp³-hybridized carbons (Fsp3) is 0.500. The first-order chi connectivity index (χ1) is 11.9. The predicted molar refractivity (Wildman–Crippen MR) is 97.8 cm³/mol. The van der Waals surface area contributed by atoms with Gasteiger partial charge >= 0.3 is 0 Å². The van der Waals surface area contributed by atoms with Crippen molar-refractivity contribution in [2.24, 2.45) is 5.92 Å². The number of benzene rings is 1. The zero-order valence-corrected chi connectivity index (χ0v) is 15.6. The summed E-state index contributed by atoms with van der Waals surface area (Å²) in [6, 6.07) is 7.78. The van der Waals surface area contributed by atoms with Crippen LogP contribution in [0.1, 0.15) is 18.4 Å². The van der Waals surface area contributed by atoms with E-state index in [9.17, 15) is 8.42 Å². The van der Waals surface area contributed by atoms with Gasteiger partial charge in [-0.25, -0.2) is 13.1 Å². The van der Waals surface area contributed by atoms with E-state index in [0.29, 0.717) is 0 Å². The third-order valence-corrected chi connectivity index (χ3v) is 5.59. The minimum Gasteiger partial charge on any atom is -0.494 e. The average molecular weight is 363 g/mol. The number of aromatic nitrogens is 2. The Balaban J connectivity index is 1.67. The van der Waals surface area contributed by atoms with Crippen LogP contribution in [0.25, 0.3) is 5.69 Å². The van der Waals surface area contributed by atoms with E-state index in [4.69, 9.17) is 4.74 Å². The highest BCUT2D eigenvalue weighted by Crippen LogP contribution is 2.23. The first-order valence-corrected chi connectivity index (χ1v) is 10.6. The Kier molecular flexibility index (Phi) is 5.44. The van der Waals surface area contributed by atoms with Crippen LogP contribution < -0.4 is 4.74 Å². The fourth-order valence-corrected chi connectivity index (χ4v) is 4.64. The standard InChI is InChI=1S/C18H25N3O3S/c1-24-18-8-4-3-7-17(18)21-13-16(10-19-21)12-20-9-5-6-15(11-20)14-25(2,22)23/h3-4,7-8,10,13,15H,5-6,9,11-12,14H2,1-2H3/t15-/m0/s1. The Morgan fingerprint density at radius 1 is 1.32 bits per heavy atom. The Bertz CT molecular complexity index is 816. The lowest BCUT2D eigenvalue weighted by molar-refractivity contribution is 0.178. The molecule has 3 rings (SSSR count). The number of nitrogens with zero attached hydrogens (tertiary/aromatic N) is 3. The lowest BCUT2D eigenvalue weighted by Gasteiger charge is -2.32. The summed E-state index contributed by atoms with van der Waals surface area (Å²) in [5, 5.41) is 4.45. The van der Waals surface area contributed by atoms with E-state index < -0.39 is 9.84 Å². The average Bonchev–Trinajstić information content (AvgIpc) is 3.02. The Labute approximate surface area is 149 Å². The summed E-state index contributed by atoms with van der Waals surface area (Å²) in [5.41, 5.74) is 2.02. The van der Waals surface area contributed by atoms with Crippen molar-refractivity contribution in [2.75, 3.05) is 32.2 Å². The van der Waals surface area contributed by atoms with Crippen molar-refractivity contribution in [3.8, 4) is 11.4 Å². The van der Waals surface area contributed by atoms with Crippen molar-refractivity contribution in [1.82, 2.24) is 14.7 Å². The molecule has 0 spiro atoms. The molecule has 0 unspecified atom stereocenters. The maximum atomic E-state index is 11.5. The maximum Gasteiger partial charge on any atom is 0.147 e. The van der Waals surface area contributed by atoms with Gasteiger partial charge in [0.05, 0.1) is 19.1 Å². The molecule has 1 aromatic heterocycles. The molecule has 1 fully saturated rings. The van der Waals surface area contributed by atoms with Crippen molar-refractivity contribution in [3.05, 3.63) is 42.2 Å². The largest absolute Gasteiger partial charge is 0.494 e. The molecule has 0 saturated carbocycles. The van der Waals surface area contributed by atoms with E-state index in [-0.39, 0.29) is 11.7 Å². The van der Waals surface area contributed by atoms with Gasteiger partial charge in [-0.15, -0.1) is 0 Å². The molecule has 2 aromatic rings. The van der Waals surface area contributed by atoms with E-state index in [1.165, 1.54) is 6.26 Å². The lowest BCUT2D eigenvalue weighted by atomic mass is 10.00. The van der Waals surface area contributed by atoms with Gasteiger partial charge in [-0.1, -0.05) is 12.1 Å². The number of para-hydroxylation sites is 2. The van der Waals surface area contributed by atoms with Gasteiger partial charge in [0.25, 0.3) is 0 Å². The molecule has 6 nitrogen and oxygen atoms in total. The highest BCUT2D eigenvalue weighted by Gasteiger charge is 2.23. The fourth-order valence-electron chi connectivity index (χ4n) is 3.51. The van der Waals surface area contributed by atoms with Crippen LogP contribution in [0.2, 0.25) is 0 Å². The van der Waals surface area contributed by atoms with Crippen LogP contribution >= 0.6 is 0 Å². The summed E-state index contributed by atoms with van der Waals surface area (Å²) < 4.78 is 30.3. The van der Waals surface area contributed by atoms with E-state index in [1.807, 2.05) is 41.3 Å². The zero-order chi connectivity index (χ0) is 17.9. The molecule has 0 aliphatic carbocycles. The van der Waals surface area contributed by atoms with E-state index in [1.54, 1.807) is 7.11 Å². The minimum atomic E-state index is -2.92. The van der Waals surface area contributed by atoms with Crippen LogP contribution in [0, 0.1) is 5.92 Å². The maximum absolute atomic E-state index is 11.5. The van der Waals surface area contributed by atoms with E-state index >= 15 is 0 Å². The molecule has 1 aromatic carbocycles. The molecule has 136 valence electrons. The molecule has 0 bridgehead atoms. The van der Waals surface area contributed by atoms with Gasteiger partial charge in [-0.05, 0) is 37.4 Å². The molecule has 7 heteroatoms. The SMILES string of the molecule is COc1ccccc1-n1cc(CN2CCC[C@H](CS(C)(=O)=O)C2)cn1. The Hall–Kier alpha value is -1.86. The quantitative estimate of drug-likeness (QED) is 0.787. The molecule has 1 saturated heterocycles. The second kappa shape index (κ2) is 7.58. The van der Waals surface area contributed by atoms with Crippen LogP contribution in [0.3, 0.4) is 0 Å². The van der Waals surface area contributed by atoms with Gasteiger partial charge in [0, 0.05) is 31.1 Å². The molecule has 0 N–H and O–H groups in total. The van der Waals surface area contributed by atoms with Gasteiger partial charge in [-0.2, -0.15) is 5.10 Å². The molecular formula is C18H25N3O3S. The van der Waals surface area contributed by atoms with Gasteiger partial charge < -0.3 is 4.74 Å². The highest BCUT2D eigenvalue weighted by atomic mass is 32.2. The molecule has 1 aliphatic rings. The van der Waals surface area contributed by atoms with Crippen LogP contribution in [0.5, 0.6) is 5.75 Å². The normalized spacial score (nSPS) is 19.0. The predicted octanol–water partition coefficient (Wildman–Crippen LogP) is 2.14. The van der Waals surface area contributed by atoms with E-state index in [0.717, 1.165) is 49.5 Å². The van der Waals surface area contributed by atoms with Gasteiger partial charge in [-0.3, -0.25) is 4.90 Å². The van der Waals surface area contributed by atoms with Gasteiger partial charge in [0.1, 0.15) is 21.3 Å². The minimum absolute atomic E-state index is 0.230. The van der Waals surface area contributed by atoms with Crippen molar-refractivity contribution in [1.29, 1.82) is 0 Å². The monoisotopic (exact) mass is 363 g/mol. The van der Waals surface area contributed by atoms with Crippen molar-refractivity contribution >= 4 is 9.84 Å². The molecule has 2 heterocycles. The first-order valence-electron chi connectivity index (χ1n) is 8.51. The topological polar surface area (TPSA) is 64.4 Å². The summed E-state index contributed by atoms with van der Waals surface area (Å²) >= 11 is 0. The Morgan fingerprint density at radius 2 is 2.12 bits per heavy atom. The van der Waals surface area contributed by atoms with Gasteiger partial charge in [0.15, 0.2) is 0 Å². The summed E-state index contributed by atoms with van der Waals surface area (Å²) in [6.45, 7) is 2.61. The number of ether oxygens (including phenoxy) is 1. The molecule has 0 amide bonds. The number of hydrogen-bond donors (Lipinski definition) is 0. The van der Waals surface area contributed by atoms with Crippen molar-refractivity contribution in [3.63, 3.8) is 0 Å². The zero-order valence-electron chi connectivity index (χ0n) is 14.8. The lowest BCUT2D eigenvalue weighted by Crippen LogP contribution is -2.37.